The van der Waals surface area contributed by atoms with E-state index < -0.39 is 35.7 Å². The van der Waals surface area contributed by atoms with Crippen LogP contribution in [0.3, 0.4) is 0 Å². The van der Waals surface area contributed by atoms with E-state index >= 15 is 0 Å². The van der Waals surface area contributed by atoms with E-state index in [0.717, 1.165) is 75.0 Å². The lowest BCUT2D eigenvalue weighted by molar-refractivity contribution is -0.137. The minimum atomic E-state index is -4.54. The highest BCUT2D eigenvalue weighted by Crippen LogP contribution is 2.41. The molecule has 356 valence electrons. The van der Waals surface area contributed by atoms with Gasteiger partial charge < -0.3 is 29.9 Å². The second-order valence-electron chi connectivity index (χ2n) is 15.7. The Kier molecular flexibility index (Phi) is 15.9. The van der Waals surface area contributed by atoms with Gasteiger partial charge in [-0.05, 0) is 103 Å². The van der Waals surface area contributed by atoms with E-state index in [4.69, 9.17) is 29.3 Å². The fourth-order valence-corrected chi connectivity index (χ4v) is 8.55. The minimum absolute atomic E-state index is 0.0740. The number of benzene rings is 5. The first-order chi connectivity index (χ1) is 33.2. The maximum atomic E-state index is 13.3. The van der Waals surface area contributed by atoms with Crippen LogP contribution in [-0.2, 0) is 35.1 Å². The van der Waals surface area contributed by atoms with Gasteiger partial charge in [0, 0.05) is 35.9 Å². The van der Waals surface area contributed by atoms with Crippen LogP contribution in [0.4, 0.5) is 13.2 Å². The number of hydrogen-bond acceptors (Lipinski definition) is 11. The number of thioether (sulfide) groups is 1. The number of nitrogens with one attached hydrogen (secondary N) is 4. The second kappa shape index (κ2) is 22.3. The number of aromatic amines is 3. The molecule has 69 heavy (non-hydrogen) atoms. The number of aromatic nitrogens is 8. The molecule has 2 atom stereocenters. The quantitative estimate of drug-likeness (QED) is 0.0426. The Hall–Kier alpha value is -7.80. The number of amides is 1. The lowest BCUT2D eigenvalue weighted by Crippen LogP contribution is -2.23. The summed E-state index contributed by atoms with van der Waals surface area (Å²) in [5, 5.41) is 24.5. The van der Waals surface area contributed by atoms with E-state index in [1.807, 2.05) is 49.4 Å². The lowest BCUT2D eigenvalue weighted by Gasteiger charge is -2.17. The third-order valence-electron chi connectivity index (χ3n) is 10.5. The number of aliphatic carboxylic acids is 1. The summed E-state index contributed by atoms with van der Waals surface area (Å²) in [6, 6.07) is 33.6. The van der Waals surface area contributed by atoms with Gasteiger partial charge in [-0.15, -0.1) is 22.0 Å². The van der Waals surface area contributed by atoms with Crippen LogP contribution in [0.2, 0.25) is 0 Å². The van der Waals surface area contributed by atoms with E-state index in [9.17, 15) is 22.8 Å². The summed E-state index contributed by atoms with van der Waals surface area (Å²) in [5.74, 6) is 0.491. The molecule has 3 aromatic heterocycles. The SMILES string of the molecule is CC(=O)O.CCCc1nc(C(=O)OCC)c(C(Cc2ccc(-c3ccccc3-c3nn[nH]n3)cc2)Sc2ccc3nc(C(C)Oc4ccc(CNC(=O)c5cccc(C(F)(F)F)c5)cc4)[nH]c3c2)[nH]1. The first-order valence-corrected chi connectivity index (χ1v) is 22.8. The van der Waals surface area contributed by atoms with Gasteiger partial charge in [0.25, 0.3) is 11.9 Å². The van der Waals surface area contributed by atoms with Crippen molar-refractivity contribution in [2.24, 2.45) is 0 Å². The molecule has 0 aliphatic rings. The molecule has 0 saturated heterocycles. The number of esters is 1. The van der Waals surface area contributed by atoms with Crippen molar-refractivity contribution in [2.75, 3.05) is 6.61 Å². The molecule has 5 aromatic carbocycles. The third-order valence-corrected chi connectivity index (χ3v) is 11.7. The number of ether oxygens (including phenoxy) is 2. The molecule has 0 fully saturated rings. The fraction of sp³-hybridized carbons (Fsp3) is 0.240. The lowest BCUT2D eigenvalue weighted by atomic mass is 9.97. The van der Waals surface area contributed by atoms with Crippen molar-refractivity contribution in [3.05, 3.63) is 161 Å². The maximum absolute atomic E-state index is 13.3. The van der Waals surface area contributed by atoms with Gasteiger partial charge in [-0.2, -0.15) is 18.4 Å². The summed E-state index contributed by atoms with van der Waals surface area (Å²) in [4.78, 5) is 52.3. The normalized spacial score (nSPS) is 12.2. The Balaban J connectivity index is 0.00000169. The van der Waals surface area contributed by atoms with Crippen molar-refractivity contribution in [2.45, 2.75) is 75.9 Å². The number of carboxylic acid groups (broad SMARTS) is 1. The van der Waals surface area contributed by atoms with Crippen molar-refractivity contribution < 1.29 is 42.1 Å². The Morgan fingerprint density at radius 2 is 1.58 bits per heavy atom. The Morgan fingerprint density at radius 3 is 2.26 bits per heavy atom. The van der Waals surface area contributed by atoms with Crippen LogP contribution in [0, 0.1) is 0 Å². The minimum Gasteiger partial charge on any atom is -0.483 e. The number of carbonyl (C=O) groups excluding carboxylic acids is 2. The van der Waals surface area contributed by atoms with Crippen molar-refractivity contribution in [3.8, 4) is 28.3 Å². The molecule has 3 heterocycles. The van der Waals surface area contributed by atoms with Gasteiger partial charge in [-0.25, -0.2) is 14.8 Å². The smallest absolute Gasteiger partial charge is 0.416 e. The summed E-state index contributed by atoms with van der Waals surface area (Å²) >= 11 is 1.60. The molecular weight excluding hydrogens is 912 g/mol. The molecule has 0 spiro atoms. The van der Waals surface area contributed by atoms with E-state index in [1.165, 1.54) is 12.1 Å². The van der Waals surface area contributed by atoms with Gasteiger partial charge in [-0.1, -0.05) is 73.7 Å². The number of aryl methyl sites for hydroxylation is 1. The van der Waals surface area contributed by atoms with Crippen LogP contribution in [0.5, 0.6) is 5.75 Å². The average molecular weight is 960 g/mol. The second-order valence-corrected chi connectivity index (χ2v) is 17.0. The van der Waals surface area contributed by atoms with Gasteiger partial charge in [-0.3, -0.25) is 9.59 Å². The highest BCUT2D eigenvalue weighted by atomic mass is 32.2. The van der Waals surface area contributed by atoms with Gasteiger partial charge in [0.2, 0.25) is 5.82 Å². The number of H-pyrrole nitrogens is 3. The van der Waals surface area contributed by atoms with Crippen LogP contribution in [0.15, 0.2) is 120 Å². The van der Waals surface area contributed by atoms with Crippen LogP contribution < -0.4 is 10.1 Å². The molecule has 0 aliphatic carbocycles. The molecule has 19 heteroatoms. The monoisotopic (exact) mass is 959 g/mol. The summed E-state index contributed by atoms with van der Waals surface area (Å²) < 4.78 is 51.1. The summed E-state index contributed by atoms with van der Waals surface area (Å²) in [7, 11) is 0. The first kappa shape index (κ1) is 49.1. The number of nitrogens with zero attached hydrogens (tertiary/aromatic N) is 5. The number of carbonyl (C=O) groups is 3. The molecule has 2 unspecified atom stereocenters. The van der Waals surface area contributed by atoms with Crippen LogP contribution in [0.1, 0.15) is 100 Å². The van der Waals surface area contributed by atoms with Crippen LogP contribution in [-0.4, -0.2) is 70.1 Å². The molecule has 8 rings (SSSR count). The van der Waals surface area contributed by atoms with E-state index in [-0.39, 0.29) is 29.7 Å². The number of alkyl halides is 3. The van der Waals surface area contributed by atoms with E-state index in [1.54, 1.807) is 43.0 Å². The zero-order chi connectivity index (χ0) is 49.1. The molecular formula is C50H48F3N9O6S. The van der Waals surface area contributed by atoms with Crippen LogP contribution >= 0.6 is 11.8 Å². The van der Waals surface area contributed by atoms with Gasteiger partial charge >= 0.3 is 12.1 Å². The average Bonchev–Trinajstić information content (AvgIpc) is 4.12. The molecule has 0 radical (unpaired) electrons. The van der Waals surface area contributed by atoms with Gasteiger partial charge in [0.15, 0.2) is 11.8 Å². The van der Waals surface area contributed by atoms with Crippen molar-refractivity contribution in [1.82, 2.24) is 45.9 Å². The Morgan fingerprint density at radius 1 is 0.855 bits per heavy atom. The summed E-state index contributed by atoms with van der Waals surface area (Å²) in [5.41, 5.74) is 6.18. The van der Waals surface area contributed by atoms with Gasteiger partial charge in [0.1, 0.15) is 17.4 Å². The number of imidazole rings is 2. The third kappa shape index (κ3) is 12.8. The predicted octanol–water partition coefficient (Wildman–Crippen LogP) is 10.5. The van der Waals surface area contributed by atoms with Gasteiger partial charge in [0.05, 0.1) is 34.1 Å². The highest BCUT2D eigenvalue weighted by Gasteiger charge is 2.31. The molecule has 0 bridgehead atoms. The van der Waals surface area contributed by atoms with Crippen molar-refractivity contribution in [1.29, 1.82) is 0 Å². The number of rotatable bonds is 17. The molecule has 1 amide bonds. The largest absolute Gasteiger partial charge is 0.483 e. The number of fused-ring (bicyclic) bond motifs is 1. The Bertz CT molecular complexity index is 3010. The number of carboxylic acids is 1. The molecule has 0 aliphatic heterocycles. The number of hydrogen-bond donors (Lipinski definition) is 5. The highest BCUT2D eigenvalue weighted by molar-refractivity contribution is 7.99. The van der Waals surface area contributed by atoms with E-state index in [2.05, 4.69) is 67.1 Å². The number of halogens is 3. The predicted molar refractivity (Wildman–Crippen MR) is 253 cm³/mol. The molecule has 0 saturated carbocycles. The molecule has 15 nitrogen and oxygen atoms in total. The number of tetrazole rings is 1. The Labute approximate surface area is 398 Å². The fourth-order valence-electron chi connectivity index (χ4n) is 7.33. The topological polar surface area (TPSA) is 214 Å². The van der Waals surface area contributed by atoms with Crippen molar-refractivity contribution >= 4 is 40.6 Å². The van der Waals surface area contributed by atoms with Crippen LogP contribution in [0.25, 0.3) is 33.5 Å². The standard InChI is InChI=1S/C48H44F3N9O4S.C2H4O2/c1-4-9-41-55-42(43(56-41)47(62)63-5-2)40(24-29-14-18-31(19-15-29)36-12-6-7-13-37(36)45-57-59-60-58-45)65-35-22-23-38-39(26-35)54-44(53-38)28(3)64-34-20-16-30(17-21-34)27-52-46(61)32-10-8-11-33(25-32)48(49,50)51;1-2(3)4/h6-8,10-23,25-26,28,40H,4-5,9,24,27H2,1-3H3,(H,52,61)(H,53,54)(H,55,56)(H,57,58,59,60);1H3,(H,3,4). The van der Waals surface area contributed by atoms with Crippen molar-refractivity contribution in [3.63, 3.8) is 0 Å². The summed E-state index contributed by atoms with van der Waals surface area (Å²) in [6.07, 6.45) is -2.92. The summed E-state index contributed by atoms with van der Waals surface area (Å²) in [6.45, 7) is 7.14. The van der Waals surface area contributed by atoms with E-state index in [0.29, 0.717) is 35.9 Å². The molecule has 5 N–H and O–H groups in total. The maximum Gasteiger partial charge on any atom is 0.416 e. The first-order valence-electron chi connectivity index (χ1n) is 21.9. The molecule has 8 aromatic rings. The zero-order valence-corrected chi connectivity index (χ0v) is 38.7. The zero-order valence-electron chi connectivity index (χ0n) is 37.9.